The summed E-state index contributed by atoms with van der Waals surface area (Å²) in [5, 5.41) is 0.524. The Bertz CT molecular complexity index is 293. The van der Waals surface area contributed by atoms with Crippen LogP contribution in [0.2, 0.25) is 5.02 Å². The van der Waals surface area contributed by atoms with Crippen LogP contribution < -0.4 is 11.5 Å². The molecule has 0 spiro atoms. The van der Waals surface area contributed by atoms with Crippen LogP contribution >= 0.6 is 11.6 Å². The molecule has 1 aromatic rings. The first-order valence-corrected chi connectivity index (χ1v) is 4.18. The summed E-state index contributed by atoms with van der Waals surface area (Å²) in [6.07, 6.45) is 1.49. The van der Waals surface area contributed by atoms with Crippen molar-refractivity contribution in [2.45, 2.75) is 6.04 Å². The SMILES string of the molecule is COCC(N)c1cc(Cl)cnc1N. The van der Waals surface area contributed by atoms with Crippen molar-refractivity contribution in [3.63, 3.8) is 0 Å². The Morgan fingerprint density at radius 2 is 2.38 bits per heavy atom. The molecular formula is C8H12ClN3O. The second kappa shape index (κ2) is 4.41. The Labute approximate surface area is 81.8 Å². The molecule has 0 aliphatic heterocycles. The molecule has 0 aliphatic carbocycles. The lowest BCUT2D eigenvalue weighted by Crippen LogP contribution is -2.18. The minimum atomic E-state index is -0.281. The van der Waals surface area contributed by atoms with Gasteiger partial charge in [0.15, 0.2) is 0 Å². The van der Waals surface area contributed by atoms with Gasteiger partial charge in [0.25, 0.3) is 0 Å². The molecule has 0 bridgehead atoms. The predicted molar refractivity (Wildman–Crippen MR) is 52.5 cm³/mol. The van der Waals surface area contributed by atoms with Crippen LogP contribution in [0, 0.1) is 0 Å². The highest BCUT2D eigenvalue weighted by Gasteiger charge is 2.10. The Kier molecular flexibility index (Phi) is 3.48. The van der Waals surface area contributed by atoms with Gasteiger partial charge >= 0.3 is 0 Å². The fraction of sp³-hybridized carbons (Fsp3) is 0.375. The molecule has 13 heavy (non-hydrogen) atoms. The summed E-state index contributed by atoms with van der Waals surface area (Å²) in [5.41, 5.74) is 12.1. The standard InChI is InChI=1S/C8H12ClN3O/c1-13-4-7(10)6-2-5(9)3-12-8(6)11/h2-3,7H,4,10H2,1H3,(H2,11,12). The van der Waals surface area contributed by atoms with Crippen molar-refractivity contribution >= 4 is 17.4 Å². The molecule has 0 fully saturated rings. The highest BCUT2D eigenvalue weighted by molar-refractivity contribution is 6.30. The first-order chi connectivity index (χ1) is 6.15. The van der Waals surface area contributed by atoms with Crippen molar-refractivity contribution in [3.05, 3.63) is 22.8 Å². The van der Waals surface area contributed by atoms with E-state index in [1.165, 1.54) is 6.20 Å². The molecule has 0 amide bonds. The maximum Gasteiger partial charge on any atom is 0.128 e. The van der Waals surface area contributed by atoms with Crippen molar-refractivity contribution in [2.24, 2.45) is 5.73 Å². The van der Waals surface area contributed by atoms with Crippen LogP contribution in [-0.2, 0) is 4.74 Å². The van der Waals surface area contributed by atoms with Gasteiger partial charge in [0.05, 0.1) is 17.7 Å². The van der Waals surface area contributed by atoms with Gasteiger partial charge in [0, 0.05) is 18.9 Å². The normalized spacial score (nSPS) is 12.8. The second-order valence-electron chi connectivity index (χ2n) is 2.69. The van der Waals surface area contributed by atoms with E-state index in [4.69, 9.17) is 27.8 Å². The summed E-state index contributed by atoms with van der Waals surface area (Å²) in [4.78, 5) is 3.89. The first-order valence-electron chi connectivity index (χ1n) is 3.80. The third kappa shape index (κ3) is 2.55. The van der Waals surface area contributed by atoms with E-state index in [9.17, 15) is 0 Å². The monoisotopic (exact) mass is 201 g/mol. The van der Waals surface area contributed by atoms with E-state index >= 15 is 0 Å². The lowest BCUT2D eigenvalue weighted by Gasteiger charge is -2.12. The summed E-state index contributed by atoms with van der Waals surface area (Å²) in [6, 6.07) is 1.42. The van der Waals surface area contributed by atoms with Crippen molar-refractivity contribution in [1.82, 2.24) is 4.98 Å². The number of hydrogen-bond donors (Lipinski definition) is 2. The first kappa shape index (κ1) is 10.2. The molecule has 72 valence electrons. The van der Waals surface area contributed by atoms with Crippen LogP contribution in [0.3, 0.4) is 0 Å². The van der Waals surface area contributed by atoms with E-state index < -0.39 is 0 Å². The smallest absolute Gasteiger partial charge is 0.128 e. The molecule has 0 saturated heterocycles. The number of aromatic nitrogens is 1. The van der Waals surface area contributed by atoms with Gasteiger partial charge in [-0.15, -0.1) is 0 Å². The number of methoxy groups -OCH3 is 1. The molecule has 4 N–H and O–H groups in total. The lowest BCUT2D eigenvalue weighted by molar-refractivity contribution is 0.181. The number of anilines is 1. The number of rotatable bonds is 3. The Hall–Kier alpha value is -0.840. The average molecular weight is 202 g/mol. The summed E-state index contributed by atoms with van der Waals surface area (Å²) in [5.74, 6) is 0.397. The Morgan fingerprint density at radius 1 is 1.69 bits per heavy atom. The number of hydrogen-bond acceptors (Lipinski definition) is 4. The van der Waals surface area contributed by atoms with Crippen molar-refractivity contribution < 1.29 is 4.74 Å². The highest BCUT2D eigenvalue weighted by atomic mass is 35.5. The lowest BCUT2D eigenvalue weighted by atomic mass is 10.1. The maximum atomic E-state index is 5.77. The summed E-state index contributed by atoms with van der Waals surface area (Å²) < 4.78 is 4.90. The van der Waals surface area contributed by atoms with Gasteiger partial charge < -0.3 is 16.2 Å². The minimum Gasteiger partial charge on any atom is -0.383 e. The minimum absolute atomic E-state index is 0.281. The molecule has 0 saturated carbocycles. The fourth-order valence-corrected chi connectivity index (χ4v) is 1.20. The van der Waals surface area contributed by atoms with Crippen LogP contribution in [-0.4, -0.2) is 18.7 Å². The Balaban J connectivity index is 2.91. The summed E-state index contributed by atoms with van der Waals surface area (Å²) >= 11 is 5.75. The third-order valence-corrected chi connectivity index (χ3v) is 1.87. The second-order valence-corrected chi connectivity index (χ2v) is 3.13. The number of nitrogens with zero attached hydrogens (tertiary/aromatic N) is 1. The third-order valence-electron chi connectivity index (χ3n) is 1.66. The van der Waals surface area contributed by atoms with E-state index in [0.29, 0.717) is 23.0 Å². The molecule has 1 unspecified atom stereocenters. The molecule has 1 heterocycles. The van der Waals surface area contributed by atoms with Crippen molar-refractivity contribution in [2.75, 3.05) is 19.5 Å². The number of nitrogens with two attached hydrogens (primary N) is 2. The average Bonchev–Trinajstić information content (AvgIpc) is 2.09. The van der Waals surface area contributed by atoms with Crippen LogP contribution in [0.25, 0.3) is 0 Å². The summed E-state index contributed by atoms with van der Waals surface area (Å²) in [7, 11) is 1.58. The van der Waals surface area contributed by atoms with Gasteiger partial charge in [-0.1, -0.05) is 11.6 Å². The van der Waals surface area contributed by atoms with E-state index in [0.717, 1.165) is 0 Å². The molecule has 0 aliphatic rings. The zero-order valence-corrected chi connectivity index (χ0v) is 8.08. The van der Waals surface area contributed by atoms with Crippen molar-refractivity contribution in [1.29, 1.82) is 0 Å². The molecule has 0 radical (unpaired) electrons. The van der Waals surface area contributed by atoms with E-state index in [2.05, 4.69) is 4.98 Å². The van der Waals surface area contributed by atoms with Gasteiger partial charge in [-0.3, -0.25) is 0 Å². The van der Waals surface area contributed by atoms with Crippen LogP contribution in [0.15, 0.2) is 12.3 Å². The van der Waals surface area contributed by atoms with Gasteiger partial charge in [-0.05, 0) is 6.07 Å². The zero-order valence-electron chi connectivity index (χ0n) is 7.33. The van der Waals surface area contributed by atoms with E-state index in [1.54, 1.807) is 13.2 Å². The number of nitrogen functional groups attached to an aromatic ring is 1. The topological polar surface area (TPSA) is 74.2 Å². The van der Waals surface area contributed by atoms with E-state index in [1.807, 2.05) is 0 Å². The molecule has 1 rings (SSSR count). The van der Waals surface area contributed by atoms with Gasteiger partial charge in [-0.2, -0.15) is 0 Å². The van der Waals surface area contributed by atoms with Crippen LogP contribution in [0.5, 0.6) is 0 Å². The molecule has 1 atom stereocenters. The largest absolute Gasteiger partial charge is 0.383 e. The van der Waals surface area contributed by atoms with Gasteiger partial charge in [0.1, 0.15) is 5.82 Å². The highest BCUT2D eigenvalue weighted by Crippen LogP contribution is 2.20. The summed E-state index contributed by atoms with van der Waals surface area (Å²) in [6.45, 7) is 0.395. The predicted octanol–water partition coefficient (Wildman–Crippen LogP) is 0.963. The molecule has 0 aromatic carbocycles. The molecular weight excluding hydrogens is 190 g/mol. The van der Waals surface area contributed by atoms with Gasteiger partial charge in [-0.25, -0.2) is 4.98 Å². The molecule has 5 heteroatoms. The fourth-order valence-electron chi connectivity index (χ4n) is 1.03. The number of ether oxygens (including phenoxy) is 1. The molecule has 1 aromatic heterocycles. The number of pyridine rings is 1. The zero-order chi connectivity index (χ0) is 9.84. The quantitative estimate of drug-likeness (QED) is 0.764. The molecule has 4 nitrogen and oxygen atoms in total. The number of halogens is 1. The van der Waals surface area contributed by atoms with Crippen LogP contribution in [0.4, 0.5) is 5.82 Å². The van der Waals surface area contributed by atoms with Crippen molar-refractivity contribution in [3.8, 4) is 0 Å². The van der Waals surface area contributed by atoms with Crippen LogP contribution in [0.1, 0.15) is 11.6 Å². The maximum absolute atomic E-state index is 5.77. The van der Waals surface area contributed by atoms with E-state index in [-0.39, 0.29) is 6.04 Å². The van der Waals surface area contributed by atoms with Gasteiger partial charge in [0.2, 0.25) is 0 Å². The Morgan fingerprint density at radius 3 is 3.00 bits per heavy atom.